The number of aromatic amines is 1. The van der Waals surface area contributed by atoms with Crippen molar-refractivity contribution in [2.45, 2.75) is 6.42 Å². The highest BCUT2D eigenvalue weighted by Crippen LogP contribution is 2.09. The molecule has 1 aromatic carbocycles. The molecule has 6 heteroatoms. The molecule has 0 atom stereocenters. The van der Waals surface area contributed by atoms with E-state index in [1.165, 1.54) is 13.2 Å². The van der Waals surface area contributed by atoms with Gasteiger partial charge in [-0.1, -0.05) is 6.07 Å². The quantitative estimate of drug-likeness (QED) is 0.751. The monoisotopic (exact) mass is 235 g/mol. The van der Waals surface area contributed by atoms with E-state index in [0.717, 1.165) is 0 Å². The summed E-state index contributed by atoms with van der Waals surface area (Å²) in [5.41, 5.74) is 0.263. The Morgan fingerprint density at radius 3 is 2.88 bits per heavy atom. The van der Waals surface area contributed by atoms with Crippen LogP contribution in [0.15, 0.2) is 32.2 Å². The zero-order chi connectivity index (χ0) is 12.4. The number of benzene rings is 1. The smallest absolute Gasteiger partial charge is 0.419 e. The number of carbonyl (C=O) groups is 1. The molecule has 0 amide bonds. The summed E-state index contributed by atoms with van der Waals surface area (Å²) in [6, 6.07) is 4.68. The molecular weight excluding hydrogens is 226 g/mol. The van der Waals surface area contributed by atoms with Gasteiger partial charge in [0, 0.05) is 0 Å². The molecule has 6 nitrogen and oxygen atoms in total. The van der Waals surface area contributed by atoms with E-state index in [1.54, 1.807) is 12.1 Å². The van der Waals surface area contributed by atoms with Gasteiger partial charge in [0.2, 0.25) is 0 Å². The average molecular weight is 235 g/mol. The molecule has 0 saturated heterocycles. The summed E-state index contributed by atoms with van der Waals surface area (Å²) in [6.07, 6.45) is 0.0605. The molecular formula is C11H9NO5. The first kappa shape index (κ1) is 11.1. The van der Waals surface area contributed by atoms with E-state index < -0.39 is 17.4 Å². The highest BCUT2D eigenvalue weighted by atomic mass is 16.5. The van der Waals surface area contributed by atoms with Crippen LogP contribution in [0.25, 0.3) is 10.9 Å². The lowest BCUT2D eigenvalue weighted by molar-refractivity contribution is -0.139. The summed E-state index contributed by atoms with van der Waals surface area (Å²) >= 11 is 0. The standard InChI is InChI=1S/C11H9NO5/c1-16-9(13)5-6-2-3-8-7(4-6)10(14)17-11(15)12-8/h2-4H,5H2,1H3,(H,12,15). The highest BCUT2D eigenvalue weighted by Gasteiger charge is 2.07. The second-order valence-corrected chi connectivity index (χ2v) is 3.43. The van der Waals surface area contributed by atoms with Crippen molar-refractivity contribution in [2.75, 3.05) is 7.11 Å². The van der Waals surface area contributed by atoms with E-state index in [-0.39, 0.29) is 11.8 Å². The van der Waals surface area contributed by atoms with Crippen LogP contribution < -0.4 is 11.4 Å². The van der Waals surface area contributed by atoms with Crippen LogP contribution in [0.4, 0.5) is 0 Å². The van der Waals surface area contributed by atoms with Gasteiger partial charge < -0.3 is 9.15 Å². The van der Waals surface area contributed by atoms with Crippen LogP contribution in [-0.2, 0) is 16.0 Å². The Morgan fingerprint density at radius 2 is 2.18 bits per heavy atom. The van der Waals surface area contributed by atoms with Gasteiger partial charge in [-0.3, -0.25) is 9.78 Å². The molecule has 1 heterocycles. The summed E-state index contributed by atoms with van der Waals surface area (Å²) in [5, 5.41) is 0.228. The van der Waals surface area contributed by atoms with Gasteiger partial charge in [-0.05, 0) is 17.7 Å². The first-order chi connectivity index (χ1) is 8.10. The Balaban J connectivity index is 2.54. The molecule has 0 aliphatic heterocycles. The Hall–Kier alpha value is -2.37. The summed E-state index contributed by atoms with van der Waals surface area (Å²) in [5.74, 6) is -1.21. The van der Waals surface area contributed by atoms with Crippen LogP contribution in [0.3, 0.4) is 0 Å². The summed E-state index contributed by atoms with van der Waals surface area (Å²) in [4.78, 5) is 35.8. The first-order valence-electron chi connectivity index (χ1n) is 4.83. The average Bonchev–Trinajstić information content (AvgIpc) is 2.29. The van der Waals surface area contributed by atoms with Crippen molar-refractivity contribution in [3.05, 3.63) is 44.7 Å². The first-order valence-corrected chi connectivity index (χ1v) is 4.83. The third-order valence-corrected chi connectivity index (χ3v) is 2.30. The number of methoxy groups -OCH3 is 1. The molecule has 2 aromatic rings. The van der Waals surface area contributed by atoms with Crippen molar-refractivity contribution in [3.8, 4) is 0 Å². The van der Waals surface area contributed by atoms with Crippen molar-refractivity contribution in [1.29, 1.82) is 0 Å². The second kappa shape index (κ2) is 4.25. The predicted octanol–water partition coefficient (Wildman–Crippen LogP) is 0.197. The molecule has 1 aromatic heterocycles. The SMILES string of the molecule is COC(=O)Cc1ccc2[nH]c(=O)oc(=O)c2c1. The van der Waals surface area contributed by atoms with Gasteiger partial charge in [-0.15, -0.1) is 0 Å². The highest BCUT2D eigenvalue weighted by molar-refractivity contribution is 5.80. The van der Waals surface area contributed by atoms with Crippen LogP contribution in [0.1, 0.15) is 5.56 Å². The third kappa shape index (κ3) is 2.25. The topological polar surface area (TPSA) is 89.4 Å². The number of rotatable bonds is 2. The minimum atomic E-state index is -0.803. The van der Waals surface area contributed by atoms with E-state index in [2.05, 4.69) is 14.1 Å². The number of fused-ring (bicyclic) bond motifs is 1. The Labute approximate surface area is 94.8 Å². The number of hydrogen-bond acceptors (Lipinski definition) is 5. The van der Waals surface area contributed by atoms with Crippen molar-refractivity contribution >= 4 is 16.9 Å². The van der Waals surface area contributed by atoms with Gasteiger partial charge in [0.1, 0.15) is 0 Å². The lowest BCUT2D eigenvalue weighted by Crippen LogP contribution is -2.15. The molecule has 0 unspecified atom stereocenters. The fourth-order valence-electron chi connectivity index (χ4n) is 1.49. The van der Waals surface area contributed by atoms with E-state index in [9.17, 15) is 14.4 Å². The van der Waals surface area contributed by atoms with E-state index in [0.29, 0.717) is 11.1 Å². The van der Waals surface area contributed by atoms with Crippen molar-refractivity contribution in [2.24, 2.45) is 0 Å². The molecule has 0 aliphatic rings. The van der Waals surface area contributed by atoms with Crippen molar-refractivity contribution < 1.29 is 13.9 Å². The van der Waals surface area contributed by atoms with Gasteiger partial charge in [-0.25, -0.2) is 9.59 Å². The van der Waals surface area contributed by atoms with E-state index in [1.807, 2.05) is 0 Å². The molecule has 88 valence electrons. The maximum atomic E-state index is 11.4. The number of H-pyrrole nitrogens is 1. The van der Waals surface area contributed by atoms with Gasteiger partial charge in [0.05, 0.1) is 24.4 Å². The van der Waals surface area contributed by atoms with Crippen LogP contribution in [0.5, 0.6) is 0 Å². The van der Waals surface area contributed by atoms with Crippen LogP contribution in [-0.4, -0.2) is 18.1 Å². The molecule has 0 fully saturated rings. The van der Waals surface area contributed by atoms with Crippen LogP contribution in [0.2, 0.25) is 0 Å². The third-order valence-electron chi connectivity index (χ3n) is 2.30. The number of esters is 1. The number of carbonyl (C=O) groups excluding carboxylic acids is 1. The van der Waals surface area contributed by atoms with E-state index in [4.69, 9.17) is 0 Å². The lowest BCUT2D eigenvalue weighted by Gasteiger charge is -2.01. The zero-order valence-corrected chi connectivity index (χ0v) is 8.98. The van der Waals surface area contributed by atoms with Gasteiger partial charge >= 0.3 is 17.4 Å². The minimum Gasteiger partial charge on any atom is -0.469 e. The summed E-state index contributed by atoms with van der Waals surface area (Å²) in [6.45, 7) is 0. The molecule has 0 radical (unpaired) electrons. The number of aromatic nitrogens is 1. The fraction of sp³-hybridized carbons (Fsp3) is 0.182. The number of nitrogens with one attached hydrogen (secondary N) is 1. The normalized spacial score (nSPS) is 10.4. The molecule has 1 N–H and O–H groups in total. The van der Waals surface area contributed by atoms with Gasteiger partial charge in [0.25, 0.3) is 0 Å². The largest absolute Gasteiger partial charge is 0.469 e. The lowest BCUT2D eigenvalue weighted by atomic mass is 10.1. The van der Waals surface area contributed by atoms with Crippen molar-refractivity contribution in [1.82, 2.24) is 4.98 Å². The van der Waals surface area contributed by atoms with Crippen LogP contribution in [0, 0.1) is 0 Å². The number of hydrogen-bond donors (Lipinski definition) is 1. The van der Waals surface area contributed by atoms with Gasteiger partial charge in [-0.2, -0.15) is 0 Å². The molecule has 0 bridgehead atoms. The Morgan fingerprint density at radius 1 is 1.41 bits per heavy atom. The molecule has 0 aliphatic carbocycles. The summed E-state index contributed by atoms with van der Waals surface area (Å²) < 4.78 is 8.91. The second-order valence-electron chi connectivity index (χ2n) is 3.43. The number of ether oxygens (including phenoxy) is 1. The van der Waals surface area contributed by atoms with Crippen molar-refractivity contribution in [3.63, 3.8) is 0 Å². The predicted molar refractivity (Wildman–Crippen MR) is 58.8 cm³/mol. The van der Waals surface area contributed by atoms with Crippen LogP contribution >= 0.6 is 0 Å². The minimum absolute atomic E-state index is 0.0605. The van der Waals surface area contributed by atoms with Gasteiger partial charge in [0.15, 0.2) is 0 Å². The van der Waals surface area contributed by atoms with E-state index >= 15 is 0 Å². The maximum absolute atomic E-state index is 11.4. The molecule has 0 saturated carbocycles. The maximum Gasteiger partial charge on any atom is 0.419 e. The fourth-order valence-corrected chi connectivity index (χ4v) is 1.49. The molecule has 0 spiro atoms. The summed E-state index contributed by atoms with van der Waals surface area (Å²) in [7, 11) is 1.29. The zero-order valence-electron chi connectivity index (χ0n) is 8.98. The molecule has 2 rings (SSSR count). The molecule has 17 heavy (non-hydrogen) atoms. The Kier molecular flexibility index (Phi) is 2.78. The Bertz CT molecular complexity index is 682.